The Morgan fingerprint density at radius 3 is 2.46 bits per heavy atom. The molecule has 0 radical (unpaired) electrons. The maximum atomic E-state index is 12.5. The summed E-state index contributed by atoms with van der Waals surface area (Å²) in [6.07, 6.45) is 3.03. The quantitative estimate of drug-likeness (QED) is 0.736. The molecule has 1 aromatic rings. The van der Waals surface area contributed by atoms with Crippen LogP contribution in [0.15, 0.2) is 18.5 Å². The number of likely N-dealkylation sites (N-methyl/N-ethyl adjacent to an activating group) is 1. The molecule has 2 atom stereocenters. The highest BCUT2D eigenvalue weighted by Gasteiger charge is 2.35. The lowest BCUT2D eigenvalue weighted by Crippen LogP contribution is -2.50. The summed E-state index contributed by atoms with van der Waals surface area (Å²) in [7, 11) is 3.87. The van der Waals surface area contributed by atoms with E-state index in [2.05, 4.69) is 19.8 Å². The van der Waals surface area contributed by atoms with Crippen LogP contribution in [-0.4, -0.2) is 108 Å². The number of β-amino-alcohol motifs (C(OH)–C–C–N with tert-alkyl or cyclic N) is 1. The minimum atomic E-state index is -0.462. The number of carbonyl (C=O) groups excluding carboxylic acids is 1. The largest absolute Gasteiger partial charge is 0.390 e. The average Bonchev–Trinajstić information content (AvgIpc) is 2.99. The van der Waals surface area contributed by atoms with Gasteiger partial charge in [0.2, 0.25) is 11.9 Å². The second-order valence-electron chi connectivity index (χ2n) is 6.71. The highest BCUT2D eigenvalue weighted by Crippen LogP contribution is 2.15. The van der Waals surface area contributed by atoms with Gasteiger partial charge < -0.3 is 19.8 Å². The molecule has 0 unspecified atom stereocenters. The summed E-state index contributed by atoms with van der Waals surface area (Å²) in [6, 6.07) is 1.84. The standard InChI is InChI=1S/C16H26N6O2/c1-19(2)13-10-22(11-14(13)23)15(24)12-20-6-8-21(9-7-20)16-17-4-3-5-18-16/h3-5,13-14,23H,6-12H2,1-2H3/t13-,14-/m0/s1. The fourth-order valence-corrected chi connectivity index (χ4v) is 3.33. The van der Waals surface area contributed by atoms with Crippen LogP contribution in [0.1, 0.15) is 0 Å². The van der Waals surface area contributed by atoms with E-state index in [4.69, 9.17) is 0 Å². The van der Waals surface area contributed by atoms with Crippen molar-refractivity contribution in [3.05, 3.63) is 18.5 Å². The van der Waals surface area contributed by atoms with Crippen molar-refractivity contribution in [1.29, 1.82) is 0 Å². The van der Waals surface area contributed by atoms with Crippen LogP contribution in [0, 0.1) is 0 Å². The maximum Gasteiger partial charge on any atom is 0.236 e. The first-order valence-corrected chi connectivity index (χ1v) is 8.41. The molecule has 8 nitrogen and oxygen atoms in total. The number of anilines is 1. The van der Waals surface area contributed by atoms with E-state index in [9.17, 15) is 9.90 Å². The number of nitrogens with zero attached hydrogens (tertiary/aromatic N) is 6. The summed E-state index contributed by atoms with van der Waals surface area (Å²) in [5, 5.41) is 10.1. The van der Waals surface area contributed by atoms with Crippen LogP contribution in [0.4, 0.5) is 5.95 Å². The van der Waals surface area contributed by atoms with E-state index in [1.807, 2.05) is 25.1 Å². The summed E-state index contributed by atoms with van der Waals surface area (Å²) in [5.74, 6) is 0.850. The van der Waals surface area contributed by atoms with Gasteiger partial charge in [-0.15, -0.1) is 0 Å². The van der Waals surface area contributed by atoms with Crippen molar-refractivity contribution >= 4 is 11.9 Å². The molecule has 1 aromatic heterocycles. The molecule has 2 aliphatic rings. The topological polar surface area (TPSA) is 76.0 Å². The third kappa shape index (κ3) is 3.82. The smallest absolute Gasteiger partial charge is 0.236 e. The minimum absolute atomic E-state index is 0.0287. The van der Waals surface area contributed by atoms with Crippen molar-refractivity contribution in [2.24, 2.45) is 0 Å². The monoisotopic (exact) mass is 334 g/mol. The molecule has 24 heavy (non-hydrogen) atoms. The zero-order valence-electron chi connectivity index (χ0n) is 14.4. The number of hydrogen-bond acceptors (Lipinski definition) is 7. The Morgan fingerprint density at radius 2 is 1.88 bits per heavy atom. The van der Waals surface area contributed by atoms with Crippen molar-refractivity contribution in [3.63, 3.8) is 0 Å². The Bertz CT molecular complexity index is 547. The van der Waals surface area contributed by atoms with E-state index in [-0.39, 0.29) is 11.9 Å². The molecular formula is C16H26N6O2. The molecule has 2 fully saturated rings. The van der Waals surface area contributed by atoms with Crippen molar-refractivity contribution in [3.8, 4) is 0 Å². The SMILES string of the molecule is CN(C)[C@H]1CN(C(=O)CN2CCN(c3ncccn3)CC2)C[C@@H]1O. The van der Waals surface area contributed by atoms with Crippen molar-refractivity contribution in [1.82, 2.24) is 24.7 Å². The number of carbonyl (C=O) groups is 1. The van der Waals surface area contributed by atoms with Crippen molar-refractivity contribution < 1.29 is 9.90 Å². The molecule has 0 aliphatic carbocycles. The molecular weight excluding hydrogens is 308 g/mol. The first-order valence-electron chi connectivity index (χ1n) is 8.41. The number of rotatable bonds is 4. The van der Waals surface area contributed by atoms with E-state index in [1.54, 1.807) is 17.3 Å². The number of aromatic nitrogens is 2. The number of hydrogen-bond donors (Lipinski definition) is 1. The molecule has 3 rings (SSSR count). The molecule has 3 heterocycles. The minimum Gasteiger partial charge on any atom is -0.390 e. The predicted octanol–water partition coefficient (Wildman–Crippen LogP) is -1.27. The number of amides is 1. The van der Waals surface area contributed by atoms with Gasteiger partial charge in [-0.2, -0.15) is 0 Å². The third-order valence-electron chi connectivity index (χ3n) is 4.84. The molecule has 2 aliphatic heterocycles. The molecule has 0 spiro atoms. The van der Waals surface area contributed by atoms with Gasteiger partial charge >= 0.3 is 0 Å². The van der Waals surface area contributed by atoms with Crippen LogP contribution in [0.25, 0.3) is 0 Å². The van der Waals surface area contributed by atoms with E-state index < -0.39 is 6.10 Å². The molecule has 2 saturated heterocycles. The summed E-state index contributed by atoms with van der Waals surface area (Å²) in [6.45, 7) is 4.72. The molecule has 0 aromatic carbocycles. The Hall–Kier alpha value is -1.77. The summed E-state index contributed by atoms with van der Waals surface area (Å²) in [4.78, 5) is 29.1. The normalized spacial score (nSPS) is 25.5. The second kappa shape index (κ2) is 7.42. The van der Waals surface area contributed by atoms with E-state index in [1.165, 1.54) is 0 Å². The summed E-state index contributed by atoms with van der Waals surface area (Å²) in [5.41, 5.74) is 0. The predicted molar refractivity (Wildman–Crippen MR) is 90.7 cm³/mol. The van der Waals surface area contributed by atoms with E-state index in [0.29, 0.717) is 19.6 Å². The number of aliphatic hydroxyl groups excluding tert-OH is 1. The fourth-order valence-electron chi connectivity index (χ4n) is 3.33. The van der Waals surface area contributed by atoms with Crippen LogP contribution in [-0.2, 0) is 4.79 Å². The molecule has 1 N–H and O–H groups in total. The molecule has 8 heteroatoms. The number of aliphatic hydroxyl groups is 1. The highest BCUT2D eigenvalue weighted by atomic mass is 16.3. The van der Waals surface area contributed by atoms with Gasteiger partial charge in [-0.05, 0) is 20.2 Å². The van der Waals surface area contributed by atoms with Crippen molar-refractivity contribution in [2.75, 3.05) is 64.8 Å². The fraction of sp³-hybridized carbons (Fsp3) is 0.688. The van der Waals surface area contributed by atoms with Crippen LogP contribution in [0.3, 0.4) is 0 Å². The summed E-state index contributed by atoms with van der Waals surface area (Å²) < 4.78 is 0. The van der Waals surface area contributed by atoms with Gasteiger partial charge in [-0.25, -0.2) is 9.97 Å². The number of likely N-dealkylation sites (tertiary alicyclic amines) is 1. The molecule has 0 saturated carbocycles. The Labute approximate surface area is 142 Å². The number of piperazine rings is 1. The van der Waals surface area contributed by atoms with Gasteiger partial charge in [0, 0.05) is 51.7 Å². The Balaban J connectivity index is 1.47. The van der Waals surface area contributed by atoms with Gasteiger partial charge in [0.15, 0.2) is 0 Å². The lowest BCUT2D eigenvalue weighted by atomic mass is 10.2. The first kappa shape index (κ1) is 17.1. The van der Waals surface area contributed by atoms with Crippen LogP contribution in [0.2, 0.25) is 0 Å². The van der Waals surface area contributed by atoms with Gasteiger partial charge in [0.25, 0.3) is 0 Å². The Morgan fingerprint density at radius 1 is 1.21 bits per heavy atom. The van der Waals surface area contributed by atoms with E-state index in [0.717, 1.165) is 32.1 Å². The first-order chi connectivity index (χ1) is 11.5. The molecule has 132 valence electrons. The maximum absolute atomic E-state index is 12.5. The third-order valence-corrected chi connectivity index (χ3v) is 4.84. The second-order valence-corrected chi connectivity index (χ2v) is 6.71. The van der Waals surface area contributed by atoms with Crippen molar-refractivity contribution in [2.45, 2.75) is 12.1 Å². The lowest BCUT2D eigenvalue weighted by Gasteiger charge is -2.34. The molecule has 1 amide bonds. The van der Waals surface area contributed by atoms with E-state index >= 15 is 0 Å². The lowest BCUT2D eigenvalue weighted by molar-refractivity contribution is -0.131. The summed E-state index contributed by atoms with van der Waals surface area (Å²) >= 11 is 0. The zero-order valence-corrected chi connectivity index (χ0v) is 14.4. The van der Waals surface area contributed by atoms with Crippen LogP contribution < -0.4 is 4.90 Å². The van der Waals surface area contributed by atoms with Crippen LogP contribution in [0.5, 0.6) is 0 Å². The Kier molecular flexibility index (Phi) is 5.27. The van der Waals surface area contributed by atoms with Gasteiger partial charge in [-0.1, -0.05) is 0 Å². The average molecular weight is 334 g/mol. The van der Waals surface area contributed by atoms with Crippen LogP contribution >= 0.6 is 0 Å². The zero-order chi connectivity index (χ0) is 17.1. The highest BCUT2D eigenvalue weighted by molar-refractivity contribution is 5.78. The van der Waals surface area contributed by atoms with Gasteiger partial charge in [-0.3, -0.25) is 9.69 Å². The van der Waals surface area contributed by atoms with Gasteiger partial charge in [0.1, 0.15) is 0 Å². The molecule has 0 bridgehead atoms. The van der Waals surface area contributed by atoms with Gasteiger partial charge in [0.05, 0.1) is 18.7 Å².